The number of carbonyl (C=O) groups is 1. The van der Waals surface area contributed by atoms with Crippen molar-refractivity contribution in [1.82, 2.24) is 0 Å². The van der Waals surface area contributed by atoms with E-state index in [2.05, 4.69) is 0 Å². The van der Waals surface area contributed by atoms with Crippen LogP contribution in [-0.4, -0.2) is 29.0 Å². The number of carboxylic acid groups (broad SMARTS) is 1. The molecular formula is C10H11NO5. The molecule has 1 aromatic rings. The molecule has 2 rings (SSSR count). The lowest BCUT2D eigenvalue weighted by Crippen LogP contribution is -2.36. The molecule has 0 saturated carbocycles. The van der Waals surface area contributed by atoms with Gasteiger partial charge in [0.1, 0.15) is 12.1 Å². The number of aliphatic carboxylic acids is 1. The van der Waals surface area contributed by atoms with E-state index in [4.69, 9.17) is 20.3 Å². The summed E-state index contributed by atoms with van der Waals surface area (Å²) in [6.45, 7) is 0.125. The van der Waals surface area contributed by atoms with Gasteiger partial charge >= 0.3 is 5.97 Å². The molecule has 1 aromatic carbocycles. The molecule has 0 amide bonds. The van der Waals surface area contributed by atoms with Gasteiger partial charge in [-0.05, 0) is 17.7 Å². The first kappa shape index (κ1) is 10.7. The largest absolute Gasteiger partial charge is 0.480 e. The Morgan fingerprint density at radius 2 is 2.12 bits per heavy atom. The Hall–Kier alpha value is -1.79. The maximum atomic E-state index is 10.6. The zero-order valence-electron chi connectivity index (χ0n) is 8.29. The molecule has 0 spiro atoms. The molecule has 0 aromatic heterocycles. The van der Waals surface area contributed by atoms with Crippen LogP contribution in [0.15, 0.2) is 18.2 Å². The molecule has 86 valence electrons. The summed E-state index contributed by atoms with van der Waals surface area (Å²) in [5.74, 6) is -0.209. The van der Waals surface area contributed by atoms with Crippen LogP contribution in [0, 0.1) is 0 Å². The first-order chi connectivity index (χ1) is 7.59. The van der Waals surface area contributed by atoms with E-state index in [0.29, 0.717) is 17.1 Å². The molecule has 1 aliphatic rings. The molecule has 0 bridgehead atoms. The number of benzene rings is 1. The molecule has 0 saturated heterocycles. The number of nitrogens with two attached hydrogens (primary N) is 1. The lowest BCUT2D eigenvalue weighted by molar-refractivity contribution is -0.141. The number of hydrogen-bond acceptors (Lipinski definition) is 5. The second-order valence-electron chi connectivity index (χ2n) is 3.42. The average molecular weight is 227 g/mol. The molecule has 1 heterocycles. The van der Waals surface area contributed by atoms with Crippen molar-refractivity contribution in [2.24, 2.45) is 5.73 Å². The number of ether oxygens (including phenoxy) is 2. The monoisotopic (exact) mass is 227 g/mol. The van der Waals surface area contributed by atoms with Gasteiger partial charge in [-0.2, -0.15) is 0 Å². The highest BCUT2D eigenvalue weighted by molar-refractivity contribution is 5.74. The van der Waals surface area contributed by atoms with Gasteiger partial charge in [-0.25, -0.2) is 0 Å². The Kier molecular flexibility index (Phi) is 2.67. The third kappa shape index (κ3) is 1.80. The van der Waals surface area contributed by atoms with Gasteiger partial charge in [-0.15, -0.1) is 0 Å². The van der Waals surface area contributed by atoms with Crippen molar-refractivity contribution in [1.29, 1.82) is 0 Å². The number of aliphatic hydroxyl groups is 1. The quantitative estimate of drug-likeness (QED) is 0.664. The van der Waals surface area contributed by atoms with Gasteiger partial charge in [0.15, 0.2) is 11.5 Å². The number of aliphatic hydroxyl groups excluding tert-OH is 1. The molecule has 6 nitrogen and oxygen atoms in total. The first-order valence-corrected chi connectivity index (χ1v) is 4.65. The second kappa shape index (κ2) is 3.99. The van der Waals surface area contributed by atoms with E-state index in [9.17, 15) is 9.90 Å². The van der Waals surface area contributed by atoms with Crippen LogP contribution >= 0.6 is 0 Å². The Labute approximate surface area is 91.2 Å². The third-order valence-electron chi connectivity index (χ3n) is 2.36. The summed E-state index contributed by atoms with van der Waals surface area (Å²) >= 11 is 0. The second-order valence-corrected chi connectivity index (χ2v) is 3.42. The van der Waals surface area contributed by atoms with E-state index in [-0.39, 0.29) is 6.79 Å². The van der Waals surface area contributed by atoms with Gasteiger partial charge in [-0.1, -0.05) is 6.07 Å². The minimum Gasteiger partial charge on any atom is -0.480 e. The Bertz CT molecular complexity index is 420. The van der Waals surface area contributed by atoms with Gasteiger partial charge < -0.3 is 25.4 Å². The summed E-state index contributed by atoms with van der Waals surface area (Å²) in [6.07, 6.45) is -1.27. The Balaban J connectivity index is 2.24. The van der Waals surface area contributed by atoms with Crippen LogP contribution in [0.3, 0.4) is 0 Å². The van der Waals surface area contributed by atoms with Crippen molar-refractivity contribution >= 4 is 5.97 Å². The smallest absolute Gasteiger partial charge is 0.323 e. The Morgan fingerprint density at radius 1 is 1.44 bits per heavy atom. The van der Waals surface area contributed by atoms with E-state index in [1.54, 1.807) is 12.1 Å². The topological polar surface area (TPSA) is 102 Å². The minimum atomic E-state index is -1.36. The standard InChI is InChI=1S/C10H11NO5/c11-8(10(13)14)9(12)5-1-2-6-7(3-5)16-4-15-6/h1-3,8-9,12H,4,11H2,(H,13,14)/t8-,9+/m0/s1/i9+2. The van der Waals surface area contributed by atoms with Crippen molar-refractivity contribution in [3.05, 3.63) is 23.8 Å². The summed E-state index contributed by atoms with van der Waals surface area (Å²) in [5, 5.41) is 18.4. The molecule has 1 aliphatic heterocycles. The Morgan fingerprint density at radius 3 is 2.81 bits per heavy atom. The maximum Gasteiger partial charge on any atom is 0.323 e. The highest BCUT2D eigenvalue weighted by Gasteiger charge is 2.25. The van der Waals surface area contributed by atoms with Crippen molar-refractivity contribution in [2.45, 2.75) is 12.1 Å². The van der Waals surface area contributed by atoms with Crippen molar-refractivity contribution in [3.8, 4) is 11.5 Å². The highest BCUT2D eigenvalue weighted by atomic mass is 16.7. The van der Waals surface area contributed by atoms with Gasteiger partial charge in [-0.3, -0.25) is 4.79 Å². The molecule has 0 radical (unpaired) electrons. The maximum absolute atomic E-state index is 10.6. The van der Waals surface area contributed by atoms with Gasteiger partial charge in [0.2, 0.25) is 6.79 Å². The molecule has 16 heavy (non-hydrogen) atoms. The van der Waals surface area contributed by atoms with Crippen LogP contribution in [0.25, 0.3) is 0 Å². The zero-order valence-corrected chi connectivity index (χ0v) is 8.29. The normalized spacial score (nSPS) is 16.9. The van der Waals surface area contributed by atoms with E-state index >= 15 is 0 Å². The number of carboxylic acids is 1. The predicted octanol–water partition coefficient (Wildman–Crippen LogP) is -0.139. The fraction of sp³-hybridized carbons (Fsp3) is 0.300. The molecule has 0 aliphatic carbocycles. The summed E-state index contributed by atoms with van der Waals surface area (Å²) in [6, 6.07) is 3.33. The van der Waals surface area contributed by atoms with Crippen LogP contribution in [-0.2, 0) is 4.79 Å². The van der Waals surface area contributed by atoms with Crippen LogP contribution in [0.5, 0.6) is 11.5 Å². The first-order valence-electron chi connectivity index (χ1n) is 4.65. The fourth-order valence-electron chi connectivity index (χ4n) is 1.44. The minimum absolute atomic E-state index is 0.125. The summed E-state index contributed by atoms with van der Waals surface area (Å²) in [5.41, 5.74) is 5.70. The van der Waals surface area contributed by atoms with E-state index in [1.165, 1.54) is 6.07 Å². The predicted molar refractivity (Wildman–Crippen MR) is 53.1 cm³/mol. The summed E-state index contributed by atoms with van der Waals surface area (Å²) < 4.78 is 10.2. The third-order valence-corrected chi connectivity index (χ3v) is 2.36. The number of rotatable bonds is 3. The lowest BCUT2D eigenvalue weighted by atomic mass is 10.2. The van der Waals surface area contributed by atoms with Crippen molar-refractivity contribution in [2.75, 3.05) is 6.79 Å². The van der Waals surface area contributed by atoms with Gasteiger partial charge in [0.25, 0.3) is 0 Å². The highest BCUT2D eigenvalue weighted by Crippen LogP contribution is 2.34. The number of fused-ring (bicyclic) bond motifs is 1. The van der Waals surface area contributed by atoms with Gasteiger partial charge in [0, 0.05) is 0 Å². The van der Waals surface area contributed by atoms with Crippen LogP contribution in [0.1, 0.15) is 11.7 Å². The van der Waals surface area contributed by atoms with Crippen LogP contribution < -0.4 is 15.2 Å². The van der Waals surface area contributed by atoms with E-state index in [1.807, 2.05) is 0 Å². The SMILES string of the molecule is N[C@H](C(=O)O)[14C@H](O)c1ccc2c(c1)OCO2. The van der Waals surface area contributed by atoms with Crippen molar-refractivity contribution < 1.29 is 24.5 Å². The lowest BCUT2D eigenvalue weighted by Gasteiger charge is -2.15. The molecule has 4 N–H and O–H groups in total. The summed E-state index contributed by atoms with van der Waals surface area (Å²) in [4.78, 5) is 10.6. The van der Waals surface area contributed by atoms with E-state index < -0.39 is 18.1 Å². The molecule has 6 heteroatoms. The molecular weight excluding hydrogens is 216 g/mol. The van der Waals surface area contributed by atoms with E-state index in [0.717, 1.165) is 0 Å². The van der Waals surface area contributed by atoms with Gasteiger partial charge in [0.05, 0.1) is 0 Å². The summed E-state index contributed by atoms with van der Waals surface area (Å²) in [7, 11) is 0. The van der Waals surface area contributed by atoms with Crippen molar-refractivity contribution in [3.63, 3.8) is 0 Å². The molecule has 2 atom stereocenters. The number of hydrogen-bond donors (Lipinski definition) is 3. The van der Waals surface area contributed by atoms with Crippen LogP contribution in [0.2, 0.25) is 0 Å². The average Bonchev–Trinajstić information content (AvgIpc) is 2.73. The molecule has 0 fully saturated rings. The van der Waals surface area contributed by atoms with Crippen LogP contribution in [0.4, 0.5) is 0 Å². The molecule has 0 unspecified atom stereocenters. The zero-order chi connectivity index (χ0) is 11.7. The fourth-order valence-corrected chi connectivity index (χ4v) is 1.44.